The molecule has 0 bridgehead atoms. The van der Waals surface area contributed by atoms with Gasteiger partial charge in [0.2, 0.25) is 11.8 Å². The lowest BCUT2D eigenvalue weighted by Crippen LogP contribution is -2.49. The Labute approximate surface area is 172 Å². The van der Waals surface area contributed by atoms with Crippen molar-refractivity contribution in [2.75, 3.05) is 18.8 Å². The molecule has 150 valence electrons. The first-order valence-electron chi connectivity index (χ1n) is 9.90. The van der Waals surface area contributed by atoms with Crippen LogP contribution in [-0.2, 0) is 16.0 Å². The largest absolute Gasteiger partial charge is 0.354 e. The standard InChI is InChI=1S/C23H30N2O2S/c1-3-4-16-24-23(27)19(2)25(17-15-20-11-7-5-8-12-20)22(26)18-28-21-13-9-6-10-14-21/h5-14,19H,3-4,15-18H2,1-2H3,(H,24,27). The number of hydrogen-bond acceptors (Lipinski definition) is 3. The quantitative estimate of drug-likeness (QED) is 0.457. The third-order valence-corrected chi connectivity index (χ3v) is 5.58. The number of unbranched alkanes of at least 4 members (excludes halogenated alkanes) is 1. The molecule has 0 saturated carbocycles. The van der Waals surface area contributed by atoms with Crippen molar-refractivity contribution in [3.05, 3.63) is 66.2 Å². The van der Waals surface area contributed by atoms with Crippen molar-refractivity contribution in [3.8, 4) is 0 Å². The first-order chi connectivity index (χ1) is 13.6. The van der Waals surface area contributed by atoms with Crippen LogP contribution in [0.1, 0.15) is 32.3 Å². The Morgan fingerprint density at radius 1 is 1.04 bits per heavy atom. The molecule has 2 aromatic rings. The number of thioether (sulfide) groups is 1. The van der Waals surface area contributed by atoms with Crippen LogP contribution in [-0.4, -0.2) is 41.6 Å². The first-order valence-corrected chi connectivity index (χ1v) is 10.9. The van der Waals surface area contributed by atoms with Crippen molar-refractivity contribution in [3.63, 3.8) is 0 Å². The summed E-state index contributed by atoms with van der Waals surface area (Å²) in [5.74, 6) is 0.230. The van der Waals surface area contributed by atoms with Crippen LogP contribution in [0.4, 0.5) is 0 Å². The van der Waals surface area contributed by atoms with Crippen molar-refractivity contribution in [2.24, 2.45) is 0 Å². The molecule has 28 heavy (non-hydrogen) atoms. The molecule has 0 fully saturated rings. The second kappa shape index (κ2) is 12.2. The number of nitrogens with one attached hydrogen (secondary N) is 1. The fourth-order valence-electron chi connectivity index (χ4n) is 2.85. The van der Waals surface area contributed by atoms with E-state index in [9.17, 15) is 9.59 Å². The van der Waals surface area contributed by atoms with E-state index < -0.39 is 6.04 Å². The van der Waals surface area contributed by atoms with E-state index in [0.717, 1.165) is 29.7 Å². The van der Waals surface area contributed by atoms with Crippen LogP contribution in [0.15, 0.2) is 65.6 Å². The highest BCUT2D eigenvalue weighted by atomic mass is 32.2. The lowest BCUT2D eigenvalue weighted by atomic mass is 10.1. The van der Waals surface area contributed by atoms with Crippen LogP contribution in [0, 0.1) is 0 Å². The number of carbonyl (C=O) groups is 2. The van der Waals surface area contributed by atoms with E-state index in [1.165, 1.54) is 11.8 Å². The summed E-state index contributed by atoms with van der Waals surface area (Å²) < 4.78 is 0. The van der Waals surface area contributed by atoms with E-state index in [-0.39, 0.29) is 11.8 Å². The Morgan fingerprint density at radius 2 is 1.68 bits per heavy atom. The maximum atomic E-state index is 12.9. The number of nitrogens with zero attached hydrogens (tertiary/aromatic N) is 1. The molecule has 0 heterocycles. The minimum atomic E-state index is -0.482. The van der Waals surface area contributed by atoms with Gasteiger partial charge in [-0.15, -0.1) is 11.8 Å². The third-order valence-electron chi connectivity index (χ3n) is 4.59. The number of benzene rings is 2. The molecule has 1 atom stereocenters. The van der Waals surface area contributed by atoms with E-state index in [2.05, 4.69) is 12.2 Å². The molecule has 2 rings (SSSR count). The predicted molar refractivity (Wildman–Crippen MR) is 116 cm³/mol. The van der Waals surface area contributed by atoms with E-state index in [1.807, 2.05) is 67.6 Å². The molecule has 0 saturated heterocycles. The van der Waals surface area contributed by atoms with Gasteiger partial charge in [0.25, 0.3) is 0 Å². The molecule has 0 spiro atoms. The maximum Gasteiger partial charge on any atom is 0.242 e. The van der Waals surface area contributed by atoms with Gasteiger partial charge in [-0.2, -0.15) is 0 Å². The Bertz CT molecular complexity index is 722. The summed E-state index contributed by atoms with van der Waals surface area (Å²) in [4.78, 5) is 28.2. The molecule has 2 amide bonds. The molecule has 0 aliphatic rings. The average molecular weight is 399 g/mol. The second-order valence-electron chi connectivity index (χ2n) is 6.75. The summed E-state index contributed by atoms with van der Waals surface area (Å²) in [6.45, 7) is 5.09. The minimum Gasteiger partial charge on any atom is -0.354 e. The van der Waals surface area contributed by atoms with Gasteiger partial charge in [-0.3, -0.25) is 9.59 Å². The Hall–Kier alpha value is -2.27. The predicted octanol–water partition coefficient (Wildman–Crippen LogP) is 4.15. The average Bonchev–Trinajstić information content (AvgIpc) is 2.73. The third kappa shape index (κ3) is 7.39. The highest BCUT2D eigenvalue weighted by molar-refractivity contribution is 8.00. The summed E-state index contributed by atoms with van der Waals surface area (Å²) in [6.07, 6.45) is 2.70. The summed E-state index contributed by atoms with van der Waals surface area (Å²) >= 11 is 1.51. The van der Waals surface area contributed by atoms with Gasteiger partial charge in [0.15, 0.2) is 0 Å². The van der Waals surface area contributed by atoms with E-state index >= 15 is 0 Å². The Kier molecular flexibility index (Phi) is 9.63. The zero-order chi connectivity index (χ0) is 20.2. The number of rotatable bonds is 11. The van der Waals surface area contributed by atoms with Crippen molar-refractivity contribution >= 4 is 23.6 Å². The van der Waals surface area contributed by atoms with Gasteiger partial charge in [0.1, 0.15) is 6.04 Å². The van der Waals surface area contributed by atoms with Crippen LogP contribution in [0.5, 0.6) is 0 Å². The molecule has 1 N–H and O–H groups in total. The van der Waals surface area contributed by atoms with Gasteiger partial charge in [0, 0.05) is 18.0 Å². The van der Waals surface area contributed by atoms with Crippen molar-refractivity contribution < 1.29 is 9.59 Å². The molecule has 0 aliphatic carbocycles. The molecule has 1 unspecified atom stereocenters. The van der Waals surface area contributed by atoms with Gasteiger partial charge < -0.3 is 10.2 Å². The summed E-state index contributed by atoms with van der Waals surface area (Å²) in [5, 5.41) is 2.95. The van der Waals surface area contributed by atoms with Gasteiger partial charge in [-0.05, 0) is 37.5 Å². The first kappa shape index (κ1) is 22.0. The number of amides is 2. The van der Waals surface area contributed by atoms with Crippen LogP contribution in [0.25, 0.3) is 0 Å². The number of carbonyl (C=O) groups excluding carboxylic acids is 2. The molecule has 0 radical (unpaired) electrons. The summed E-state index contributed by atoms with van der Waals surface area (Å²) in [5.41, 5.74) is 1.16. The smallest absolute Gasteiger partial charge is 0.242 e. The zero-order valence-corrected chi connectivity index (χ0v) is 17.6. The van der Waals surface area contributed by atoms with Crippen molar-refractivity contribution in [1.82, 2.24) is 10.2 Å². The topological polar surface area (TPSA) is 49.4 Å². The van der Waals surface area contributed by atoms with E-state index in [0.29, 0.717) is 18.8 Å². The fourth-order valence-corrected chi connectivity index (χ4v) is 3.66. The van der Waals surface area contributed by atoms with E-state index in [1.54, 1.807) is 4.90 Å². The molecule has 0 aliphatic heterocycles. The van der Waals surface area contributed by atoms with Gasteiger partial charge in [0.05, 0.1) is 5.75 Å². The fraction of sp³-hybridized carbons (Fsp3) is 0.391. The summed E-state index contributed by atoms with van der Waals surface area (Å²) in [7, 11) is 0. The highest BCUT2D eigenvalue weighted by Gasteiger charge is 2.25. The zero-order valence-electron chi connectivity index (χ0n) is 16.8. The monoisotopic (exact) mass is 398 g/mol. The molecule has 2 aromatic carbocycles. The van der Waals surface area contributed by atoms with Gasteiger partial charge in [-0.25, -0.2) is 0 Å². The maximum absolute atomic E-state index is 12.9. The summed E-state index contributed by atoms with van der Waals surface area (Å²) in [6, 6.07) is 19.5. The van der Waals surface area contributed by atoms with Crippen LogP contribution >= 0.6 is 11.8 Å². The molecular formula is C23H30N2O2S. The highest BCUT2D eigenvalue weighted by Crippen LogP contribution is 2.18. The molecule has 5 heteroatoms. The Balaban J connectivity index is 2.00. The SMILES string of the molecule is CCCCNC(=O)C(C)N(CCc1ccccc1)C(=O)CSc1ccccc1. The lowest BCUT2D eigenvalue weighted by molar-refractivity contribution is -0.137. The van der Waals surface area contributed by atoms with Crippen LogP contribution < -0.4 is 5.32 Å². The Morgan fingerprint density at radius 3 is 2.32 bits per heavy atom. The lowest BCUT2D eigenvalue weighted by Gasteiger charge is -2.28. The molecule has 0 aromatic heterocycles. The number of hydrogen-bond donors (Lipinski definition) is 1. The van der Waals surface area contributed by atoms with Crippen LogP contribution in [0.3, 0.4) is 0 Å². The van der Waals surface area contributed by atoms with Gasteiger partial charge in [-0.1, -0.05) is 61.9 Å². The molecule has 4 nitrogen and oxygen atoms in total. The molecular weight excluding hydrogens is 368 g/mol. The minimum absolute atomic E-state index is 0.0112. The van der Waals surface area contributed by atoms with Crippen molar-refractivity contribution in [2.45, 2.75) is 44.0 Å². The van der Waals surface area contributed by atoms with Crippen molar-refractivity contribution in [1.29, 1.82) is 0 Å². The van der Waals surface area contributed by atoms with Crippen LogP contribution in [0.2, 0.25) is 0 Å². The van der Waals surface area contributed by atoms with E-state index in [4.69, 9.17) is 0 Å². The normalized spacial score (nSPS) is 11.6. The second-order valence-corrected chi connectivity index (χ2v) is 7.79. The van der Waals surface area contributed by atoms with Gasteiger partial charge >= 0.3 is 0 Å².